The Morgan fingerprint density at radius 1 is 0.889 bits per heavy atom. The Balaban J connectivity index is 1.81. The summed E-state index contributed by atoms with van der Waals surface area (Å²) in [5.41, 5.74) is 3.84. The highest BCUT2D eigenvalue weighted by atomic mass is 16.5. The summed E-state index contributed by atoms with van der Waals surface area (Å²) in [4.78, 5) is 30.6. The fourth-order valence-corrected chi connectivity index (χ4v) is 4.10. The van der Waals surface area contributed by atoms with Gasteiger partial charge in [0.1, 0.15) is 6.54 Å². The van der Waals surface area contributed by atoms with Crippen molar-refractivity contribution in [3.05, 3.63) is 95.3 Å². The van der Waals surface area contributed by atoms with Gasteiger partial charge in [0, 0.05) is 51.3 Å². The van der Waals surface area contributed by atoms with Gasteiger partial charge in [-0.05, 0) is 47.2 Å². The Hall–Kier alpha value is -3.38. The number of benzene rings is 2. The average molecular weight is 490 g/mol. The molecule has 1 heterocycles. The number of aromatic nitrogens is 1. The van der Waals surface area contributed by atoms with E-state index in [1.165, 1.54) is 0 Å². The second-order valence-corrected chi connectivity index (χ2v) is 10.2. The van der Waals surface area contributed by atoms with Crippen LogP contribution in [-0.4, -0.2) is 53.0 Å². The van der Waals surface area contributed by atoms with Crippen LogP contribution in [0, 0.1) is 0 Å². The molecule has 0 unspecified atom stereocenters. The van der Waals surface area contributed by atoms with Crippen molar-refractivity contribution in [1.82, 2.24) is 14.4 Å². The van der Waals surface area contributed by atoms with Gasteiger partial charge in [0.2, 0.25) is 5.91 Å². The third-order valence-electron chi connectivity index (χ3n) is 6.36. The van der Waals surface area contributed by atoms with Crippen molar-refractivity contribution in [1.29, 1.82) is 0 Å². The maximum atomic E-state index is 13.6. The smallest absolute Gasteiger partial charge is 0.254 e. The molecule has 2 aromatic carbocycles. The lowest BCUT2D eigenvalue weighted by Gasteiger charge is -2.28. The molecule has 6 nitrogen and oxygen atoms in total. The van der Waals surface area contributed by atoms with E-state index in [-0.39, 0.29) is 23.8 Å². The minimum absolute atomic E-state index is 0.00454. The zero-order valence-electron chi connectivity index (χ0n) is 22.2. The molecule has 2 amide bonds. The summed E-state index contributed by atoms with van der Waals surface area (Å²) in [6, 6.07) is 21.7. The summed E-state index contributed by atoms with van der Waals surface area (Å²) in [5, 5.41) is 0. The standard InChI is InChI=1S/C30H39N3O3/c1-30(2,3)26-16-14-25(15-17-26)29(35)32(19-10-20-36-5)23-28(34)33(21-24-11-7-6-8-12-24)22-27-13-9-18-31(27)4/h6-9,11-18H,10,19-23H2,1-5H3. The minimum atomic E-state index is -0.140. The Bertz CT molecular complexity index is 1110. The van der Waals surface area contributed by atoms with E-state index >= 15 is 0 Å². The third-order valence-corrected chi connectivity index (χ3v) is 6.36. The Kier molecular flexibility index (Phi) is 9.48. The fourth-order valence-electron chi connectivity index (χ4n) is 4.10. The van der Waals surface area contributed by atoms with Crippen LogP contribution in [-0.2, 0) is 35.1 Å². The number of methoxy groups -OCH3 is 1. The Labute approximate surface area is 215 Å². The molecule has 1 aromatic heterocycles. The second-order valence-electron chi connectivity index (χ2n) is 10.2. The van der Waals surface area contributed by atoms with Crippen molar-refractivity contribution >= 4 is 11.8 Å². The van der Waals surface area contributed by atoms with Gasteiger partial charge in [-0.3, -0.25) is 9.59 Å². The second kappa shape index (κ2) is 12.5. The molecule has 6 heteroatoms. The molecule has 0 spiro atoms. The summed E-state index contributed by atoms with van der Waals surface area (Å²) in [7, 11) is 3.62. The number of rotatable bonds is 11. The summed E-state index contributed by atoms with van der Waals surface area (Å²) in [5.74, 6) is -0.226. The van der Waals surface area contributed by atoms with Crippen molar-refractivity contribution < 1.29 is 14.3 Å². The van der Waals surface area contributed by atoms with Gasteiger partial charge in [-0.25, -0.2) is 0 Å². The molecule has 0 aliphatic carbocycles. The molecule has 0 atom stereocenters. The molecular weight excluding hydrogens is 450 g/mol. The third kappa shape index (κ3) is 7.56. The molecule has 0 bridgehead atoms. The monoisotopic (exact) mass is 489 g/mol. The van der Waals surface area contributed by atoms with Gasteiger partial charge in [0.15, 0.2) is 0 Å². The van der Waals surface area contributed by atoms with Crippen LogP contribution in [0.1, 0.15) is 54.4 Å². The lowest BCUT2D eigenvalue weighted by Crippen LogP contribution is -2.43. The summed E-state index contributed by atoms with van der Waals surface area (Å²) < 4.78 is 7.23. The number of nitrogens with zero attached hydrogens (tertiary/aromatic N) is 3. The lowest BCUT2D eigenvalue weighted by atomic mass is 9.86. The van der Waals surface area contributed by atoms with Gasteiger partial charge in [-0.15, -0.1) is 0 Å². The van der Waals surface area contributed by atoms with Crippen LogP contribution in [0.3, 0.4) is 0 Å². The minimum Gasteiger partial charge on any atom is -0.385 e. The van der Waals surface area contributed by atoms with E-state index < -0.39 is 0 Å². The number of carbonyl (C=O) groups is 2. The average Bonchev–Trinajstić information content (AvgIpc) is 3.27. The molecular formula is C30H39N3O3. The first-order valence-corrected chi connectivity index (χ1v) is 12.5. The van der Waals surface area contributed by atoms with Gasteiger partial charge in [-0.1, -0.05) is 63.2 Å². The van der Waals surface area contributed by atoms with Crippen molar-refractivity contribution in [2.75, 3.05) is 26.8 Å². The van der Waals surface area contributed by atoms with Crippen molar-refractivity contribution in [3.63, 3.8) is 0 Å². The number of hydrogen-bond donors (Lipinski definition) is 0. The highest BCUT2D eigenvalue weighted by Crippen LogP contribution is 2.22. The number of hydrogen-bond acceptors (Lipinski definition) is 3. The van der Waals surface area contributed by atoms with Crippen LogP contribution in [0.4, 0.5) is 0 Å². The number of carbonyl (C=O) groups excluding carboxylic acids is 2. The Morgan fingerprint density at radius 2 is 1.58 bits per heavy atom. The molecule has 0 aliphatic rings. The predicted octanol–water partition coefficient (Wildman–Crippen LogP) is 5.03. The van der Waals surface area contributed by atoms with Crippen LogP contribution in [0.5, 0.6) is 0 Å². The van der Waals surface area contributed by atoms with Gasteiger partial charge >= 0.3 is 0 Å². The highest BCUT2D eigenvalue weighted by Gasteiger charge is 2.24. The Morgan fingerprint density at radius 3 is 2.17 bits per heavy atom. The molecule has 3 aromatic rings. The van der Waals surface area contributed by atoms with E-state index in [2.05, 4.69) is 20.8 Å². The van der Waals surface area contributed by atoms with Crippen molar-refractivity contribution in [2.45, 2.75) is 45.7 Å². The zero-order valence-corrected chi connectivity index (χ0v) is 22.2. The molecule has 3 rings (SSSR count). The van der Waals surface area contributed by atoms with E-state index in [9.17, 15) is 9.59 Å². The molecule has 192 valence electrons. The van der Waals surface area contributed by atoms with E-state index in [4.69, 9.17) is 4.74 Å². The predicted molar refractivity (Wildman–Crippen MR) is 144 cm³/mol. The van der Waals surface area contributed by atoms with Gasteiger partial charge in [0.05, 0.1) is 6.54 Å². The van der Waals surface area contributed by atoms with E-state index in [1.54, 1.807) is 12.0 Å². The van der Waals surface area contributed by atoms with Crippen LogP contribution < -0.4 is 0 Å². The maximum absolute atomic E-state index is 13.6. The van der Waals surface area contributed by atoms with Crippen molar-refractivity contribution in [2.24, 2.45) is 7.05 Å². The molecule has 36 heavy (non-hydrogen) atoms. The van der Waals surface area contributed by atoms with E-state index in [0.717, 1.165) is 16.8 Å². The van der Waals surface area contributed by atoms with Crippen LogP contribution in [0.25, 0.3) is 0 Å². The topological polar surface area (TPSA) is 54.8 Å². The molecule has 0 radical (unpaired) electrons. The maximum Gasteiger partial charge on any atom is 0.254 e. The first-order valence-electron chi connectivity index (χ1n) is 12.5. The largest absolute Gasteiger partial charge is 0.385 e. The van der Waals surface area contributed by atoms with Crippen LogP contribution in [0.15, 0.2) is 72.9 Å². The zero-order chi connectivity index (χ0) is 26.1. The number of ether oxygens (including phenoxy) is 1. The molecule has 0 saturated heterocycles. The summed E-state index contributed by atoms with van der Waals surface area (Å²) >= 11 is 0. The fraction of sp³-hybridized carbons (Fsp3) is 0.400. The van der Waals surface area contributed by atoms with E-state index in [0.29, 0.717) is 38.2 Å². The molecule has 0 saturated carbocycles. The van der Waals surface area contributed by atoms with Crippen molar-refractivity contribution in [3.8, 4) is 0 Å². The SMILES string of the molecule is COCCCN(CC(=O)N(Cc1ccccc1)Cc1cccn1C)C(=O)c1ccc(C(C)(C)C)cc1. The number of amides is 2. The van der Waals surface area contributed by atoms with E-state index in [1.807, 2.05) is 89.4 Å². The highest BCUT2D eigenvalue weighted by molar-refractivity contribution is 5.96. The quantitative estimate of drug-likeness (QED) is 0.355. The van der Waals surface area contributed by atoms with Crippen LogP contribution in [0.2, 0.25) is 0 Å². The van der Waals surface area contributed by atoms with Gasteiger partial charge in [0.25, 0.3) is 5.91 Å². The van der Waals surface area contributed by atoms with Gasteiger partial charge < -0.3 is 19.1 Å². The summed E-state index contributed by atoms with van der Waals surface area (Å²) in [6.07, 6.45) is 2.63. The molecule has 0 fully saturated rings. The number of aryl methyl sites for hydroxylation is 1. The molecule has 0 aliphatic heterocycles. The summed E-state index contributed by atoms with van der Waals surface area (Å²) in [6.45, 7) is 8.37. The first-order chi connectivity index (χ1) is 17.2. The van der Waals surface area contributed by atoms with Crippen LogP contribution >= 0.6 is 0 Å². The lowest BCUT2D eigenvalue weighted by molar-refractivity contribution is -0.133. The van der Waals surface area contributed by atoms with Gasteiger partial charge in [-0.2, -0.15) is 0 Å². The molecule has 0 N–H and O–H groups in total. The normalized spacial score (nSPS) is 11.4. The first kappa shape index (κ1) is 27.2.